The van der Waals surface area contributed by atoms with Crippen LogP contribution in [0.15, 0.2) is 6.07 Å². The van der Waals surface area contributed by atoms with Crippen LogP contribution in [0.2, 0.25) is 5.28 Å². The third-order valence-corrected chi connectivity index (χ3v) is 3.29. The SMILES string of the molecule is Cc1cc2c(NCC(C)(C)O)nc(Cl)nc2s1. The minimum atomic E-state index is -0.797. The molecule has 92 valence electrons. The van der Waals surface area contributed by atoms with Gasteiger partial charge in [0, 0.05) is 11.4 Å². The summed E-state index contributed by atoms with van der Waals surface area (Å²) in [6.45, 7) is 5.89. The highest BCUT2D eigenvalue weighted by molar-refractivity contribution is 7.18. The van der Waals surface area contributed by atoms with Crippen LogP contribution in [0.5, 0.6) is 0 Å². The van der Waals surface area contributed by atoms with Gasteiger partial charge in [-0.3, -0.25) is 0 Å². The summed E-state index contributed by atoms with van der Waals surface area (Å²) < 4.78 is 0. The number of aryl methyl sites for hydroxylation is 1. The van der Waals surface area contributed by atoms with Gasteiger partial charge >= 0.3 is 0 Å². The van der Waals surface area contributed by atoms with Crippen molar-refractivity contribution in [2.24, 2.45) is 0 Å². The number of hydrogen-bond donors (Lipinski definition) is 2. The monoisotopic (exact) mass is 271 g/mol. The molecule has 0 saturated heterocycles. The molecule has 0 aliphatic rings. The summed E-state index contributed by atoms with van der Waals surface area (Å²) in [6, 6.07) is 2.02. The van der Waals surface area contributed by atoms with Crippen LogP contribution in [0.1, 0.15) is 18.7 Å². The fourth-order valence-corrected chi connectivity index (χ4v) is 2.55. The lowest BCUT2D eigenvalue weighted by atomic mass is 10.1. The zero-order chi connectivity index (χ0) is 12.6. The Morgan fingerprint density at radius 1 is 1.47 bits per heavy atom. The molecule has 0 radical (unpaired) electrons. The van der Waals surface area contributed by atoms with Crippen LogP contribution in [0, 0.1) is 6.92 Å². The third-order valence-electron chi connectivity index (χ3n) is 2.18. The van der Waals surface area contributed by atoms with E-state index in [4.69, 9.17) is 11.6 Å². The molecule has 2 rings (SSSR count). The topological polar surface area (TPSA) is 58.0 Å². The Hall–Kier alpha value is -0.910. The van der Waals surface area contributed by atoms with Gasteiger partial charge in [0.15, 0.2) is 0 Å². The van der Waals surface area contributed by atoms with Gasteiger partial charge in [-0.1, -0.05) is 0 Å². The van der Waals surface area contributed by atoms with Crippen molar-refractivity contribution in [1.29, 1.82) is 0 Å². The zero-order valence-electron chi connectivity index (χ0n) is 9.91. The molecule has 0 unspecified atom stereocenters. The molecule has 0 aromatic carbocycles. The molecule has 2 N–H and O–H groups in total. The lowest BCUT2D eigenvalue weighted by Crippen LogP contribution is -2.29. The predicted molar refractivity (Wildman–Crippen MR) is 71.9 cm³/mol. The van der Waals surface area contributed by atoms with E-state index in [-0.39, 0.29) is 5.28 Å². The maximum atomic E-state index is 9.69. The van der Waals surface area contributed by atoms with Gasteiger partial charge in [-0.2, -0.15) is 0 Å². The number of nitrogens with one attached hydrogen (secondary N) is 1. The first kappa shape index (κ1) is 12.5. The van der Waals surface area contributed by atoms with Crippen molar-refractivity contribution in [3.05, 3.63) is 16.2 Å². The second kappa shape index (κ2) is 4.40. The molecular weight excluding hydrogens is 258 g/mol. The smallest absolute Gasteiger partial charge is 0.225 e. The van der Waals surface area contributed by atoms with Crippen molar-refractivity contribution >= 4 is 39.0 Å². The average Bonchev–Trinajstić information content (AvgIpc) is 2.53. The number of aromatic nitrogens is 2. The van der Waals surface area contributed by atoms with Gasteiger partial charge in [0.25, 0.3) is 0 Å². The van der Waals surface area contributed by atoms with Crippen molar-refractivity contribution in [3.8, 4) is 0 Å². The van der Waals surface area contributed by atoms with E-state index in [1.165, 1.54) is 0 Å². The molecule has 0 aliphatic heterocycles. The van der Waals surface area contributed by atoms with E-state index in [0.717, 1.165) is 15.1 Å². The Balaban J connectivity index is 2.38. The van der Waals surface area contributed by atoms with Gasteiger partial charge in [0.2, 0.25) is 5.28 Å². The second-order valence-corrected chi connectivity index (χ2v) is 6.16. The highest BCUT2D eigenvalue weighted by Gasteiger charge is 2.15. The first-order valence-electron chi connectivity index (χ1n) is 5.25. The van der Waals surface area contributed by atoms with Crippen molar-refractivity contribution in [2.75, 3.05) is 11.9 Å². The molecular formula is C11H14ClN3OS. The van der Waals surface area contributed by atoms with Gasteiger partial charge in [0.1, 0.15) is 10.6 Å². The fourth-order valence-electron chi connectivity index (χ4n) is 1.45. The van der Waals surface area contributed by atoms with Gasteiger partial charge in [-0.05, 0) is 38.4 Å². The van der Waals surface area contributed by atoms with Crippen molar-refractivity contribution in [3.63, 3.8) is 0 Å². The van der Waals surface area contributed by atoms with Crippen LogP contribution in [0.4, 0.5) is 5.82 Å². The number of fused-ring (bicyclic) bond motifs is 1. The lowest BCUT2D eigenvalue weighted by Gasteiger charge is -2.18. The maximum absolute atomic E-state index is 9.69. The number of halogens is 1. The number of rotatable bonds is 3. The van der Waals surface area contributed by atoms with Crippen LogP contribution in [0.25, 0.3) is 10.2 Å². The van der Waals surface area contributed by atoms with E-state index in [9.17, 15) is 5.11 Å². The van der Waals surface area contributed by atoms with Crippen LogP contribution in [-0.2, 0) is 0 Å². The molecule has 2 aromatic heterocycles. The number of anilines is 1. The molecule has 0 amide bonds. The summed E-state index contributed by atoms with van der Waals surface area (Å²) in [5, 5.41) is 14.0. The number of nitrogens with zero attached hydrogens (tertiary/aromatic N) is 2. The van der Waals surface area contributed by atoms with Crippen molar-refractivity contribution < 1.29 is 5.11 Å². The van der Waals surface area contributed by atoms with Gasteiger partial charge in [0.05, 0.1) is 11.0 Å². The molecule has 6 heteroatoms. The molecule has 0 bridgehead atoms. The van der Waals surface area contributed by atoms with Crippen LogP contribution < -0.4 is 5.32 Å². The van der Waals surface area contributed by atoms with Crippen molar-refractivity contribution in [2.45, 2.75) is 26.4 Å². The molecule has 0 fully saturated rings. The van der Waals surface area contributed by atoms with Gasteiger partial charge < -0.3 is 10.4 Å². The molecule has 0 spiro atoms. The number of aliphatic hydroxyl groups is 1. The first-order valence-corrected chi connectivity index (χ1v) is 6.44. The van der Waals surface area contributed by atoms with E-state index in [1.807, 2.05) is 13.0 Å². The van der Waals surface area contributed by atoms with Crippen molar-refractivity contribution in [1.82, 2.24) is 9.97 Å². The standard InChI is InChI=1S/C11H14ClN3OS/c1-6-4-7-8(13-5-11(2,3)16)14-10(12)15-9(7)17-6/h4,16H,5H2,1-3H3,(H,13,14,15). The summed E-state index contributed by atoms with van der Waals surface area (Å²) >= 11 is 7.44. The summed E-state index contributed by atoms with van der Waals surface area (Å²) in [5.74, 6) is 0.673. The normalized spacial score (nSPS) is 12.1. The number of thiophene rings is 1. The zero-order valence-corrected chi connectivity index (χ0v) is 11.5. The fraction of sp³-hybridized carbons (Fsp3) is 0.455. The Kier molecular flexibility index (Phi) is 3.25. The molecule has 0 atom stereocenters. The molecule has 0 saturated carbocycles. The summed E-state index contributed by atoms with van der Waals surface area (Å²) in [6.07, 6.45) is 0. The van der Waals surface area contributed by atoms with E-state index in [2.05, 4.69) is 15.3 Å². The minimum Gasteiger partial charge on any atom is -0.389 e. The largest absolute Gasteiger partial charge is 0.389 e. The van der Waals surface area contributed by atoms with Crippen LogP contribution in [-0.4, -0.2) is 27.2 Å². The van der Waals surface area contributed by atoms with Gasteiger partial charge in [-0.25, -0.2) is 9.97 Å². The summed E-state index contributed by atoms with van der Waals surface area (Å²) in [5.41, 5.74) is -0.797. The molecule has 2 aromatic rings. The Labute approximate surface area is 109 Å². The highest BCUT2D eigenvalue weighted by atomic mass is 35.5. The predicted octanol–water partition coefficient (Wildman–Crippen LogP) is 2.84. The summed E-state index contributed by atoms with van der Waals surface area (Å²) in [4.78, 5) is 10.3. The maximum Gasteiger partial charge on any atom is 0.225 e. The average molecular weight is 272 g/mol. The molecule has 4 nitrogen and oxygen atoms in total. The van der Waals surface area contributed by atoms with E-state index in [0.29, 0.717) is 12.4 Å². The Morgan fingerprint density at radius 2 is 2.18 bits per heavy atom. The molecule has 0 aliphatic carbocycles. The Morgan fingerprint density at radius 3 is 2.82 bits per heavy atom. The number of hydrogen-bond acceptors (Lipinski definition) is 5. The quantitative estimate of drug-likeness (QED) is 0.843. The van der Waals surface area contributed by atoms with Crippen LogP contribution in [0.3, 0.4) is 0 Å². The van der Waals surface area contributed by atoms with E-state index in [1.54, 1.807) is 25.2 Å². The third kappa shape index (κ3) is 3.06. The van der Waals surface area contributed by atoms with Crippen LogP contribution >= 0.6 is 22.9 Å². The first-order chi connectivity index (χ1) is 7.85. The minimum absolute atomic E-state index is 0.220. The van der Waals surface area contributed by atoms with E-state index < -0.39 is 5.60 Å². The molecule has 2 heterocycles. The lowest BCUT2D eigenvalue weighted by molar-refractivity contribution is 0.0944. The van der Waals surface area contributed by atoms with E-state index >= 15 is 0 Å². The Bertz CT molecular complexity index is 547. The second-order valence-electron chi connectivity index (χ2n) is 4.58. The highest BCUT2D eigenvalue weighted by Crippen LogP contribution is 2.29. The van der Waals surface area contributed by atoms with Gasteiger partial charge in [-0.15, -0.1) is 11.3 Å². The summed E-state index contributed by atoms with van der Waals surface area (Å²) in [7, 11) is 0. The molecule has 17 heavy (non-hydrogen) atoms.